The van der Waals surface area contributed by atoms with Gasteiger partial charge in [0.1, 0.15) is 5.75 Å². The fourth-order valence-electron chi connectivity index (χ4n) is 4.18. The quantitative estimate of drug-likeness (QED) is 0.196. The third-order valence-electron chi connectivity index (χ3n) is 7.46. The van der Waals surface area contributed by atoms with Crippen molar-refractivity contribution in [1.29, 1.82) is 0 Å². The van der Waals surface area contributed by atoms with Gasteiger partial charge < -0.3 is 10.8 Å². The van der Waals surface area contributed by atoms with Crippen LogP contribution in [0.15, 0.2) is 108 Å². The predicted octanol–water partition coefficient (Wildman–Crippen LogP) is 9.39. The van der Waals surface area contributed by atoms with Gasteiger partial charge >= 0.3 is 0 Å². The van der Waals surface area contributed by atoms with Crippen molar-refractivity contribution in [3.05, 3.63) is 131 Å². The Bertz CT molecular complexity index is 1650. The Morgan fingerprint density at radius 3 is 1.06 bits per heavy atom. The highest BCUT2D eigenvalue weighted by atomic mass is 32.2. The number of primary sulfonamides is 1. The average Bonchev–Trinajstić information content (AvgIpc) is 2.97. The molecule has 0 unspecified atom stereocenters. The van der Waals surface area contributed by atoms with Crippen molar-refractivity contribution in [2.45, 2.75) is 110 Å². The van der Waals surface area contributed by atoms with Gasteiger partial charge in [-0.15, -0.1) is 0 Å². The predicted molar refractivity (Wildman–Crippen MR) is 202 cm³/mol. The lowest BCUT2D eigenvalue weighted by Gasteiger charge is -2.18. The van der Waals surface area contributed by atoms with Crippen molar-refractivity contribution in [3.63, 3.8) is 0 Å². The number of hydrogen-bond acceptors (Lipinski definition) is 4. The van der Waals surface area contributed by atoms with E-state index in [9.17, 15) is 13.2 Å². The molecule has 4 aromatic carbocycles. The van der Waals surface area contributed by atoms with Crippen molar-refractivity contribution in [1.82, 2.24) is 0 Å². The normalized spacial score (nSPS) is 11.9. The number of nitrogens with two attached hydrogens (primary N) is 2. The number of hydrogen-bond donors (Lipinski definition) is 3. The fraction of sp³-hybridized carbons (Fsp3) is 0.390. The van der Waals surface area contributed by atoms with E-state index in [0.717, 1.165) is 5.56 Å². The highest BCUT2D eigenvalue weighted by molar-refractivity contribution is 7.89. The van der Waals surface area contributed by atoms with Crippen LogP contribution in [0.1, 0.15) is 116 Å². The summed E-state index contributed by atoms with van der Waals surface area (Å²) in [6.07, 6.45) is 0. The zero-order valence-corrected chi connectivity index (χ0v) is 31.9. The molecular weight excluding hydrogens is 617 g/mol. The highest BCUT2D eigenvalue weighted by Gasteiger charge is 2.16. The Labute approximate surface area is 290 Å². The van der Waals surface area contributed by atoms with Crippen molar-refractivity contribution < 1.29 is 18.3 Å². The molecule has 0 spiro atoms. The topological polar surface area (TPSA) is 123 Å². The second kappa shape index (κ2) is 16.9. The SMILES string of the molecule is CC(C)(C)c1ccc(C(N)=O)cc1.CC(C)(C)c1ccc(O)cc1.CC(C)(C)c1ccc(S(N)(=O)=O)cc1.CC(C)(C)c1ccccc1. The molecule has 0 bridgehead atoms. The summed E-state index contributed by atoms with van der Waals surface area (Å²) in [7, 11) is -3.57. The molecule has 0 heterocycles. The molecule has 262 valence electrons. The second-order valence-corrected chi connectivity index (χ2v) is 17.5. The number of aromatic hydroxyl groups is 1. The minimum absolute atomic E-state index is 0.0247. The van der Waals surface area contributed by atoms with Crippen molar-refractivity contribution in [3.8, 4) is 5.75 Å². The van der Waals surface area contributed by atoms with Crippen LogP contribution in [-0.4, -0.2) is 19.4 Å². The van der Waals surface area contributed by atoms with Crippen LogP contribution in [0.4, 0.5) is 0 Å². The van der Waals surface area contributed by atoms with Crippen LogP contribution >= 0.6 is 0 Å². The molecule has 0 saturated carbocycles. The first kappa shape index (κ1) is 42.1. The third kappa shape index (κ3) is 15.3. The molecule has 6 nitrogen and oxygen atoms in total. The van der Waals surface area contributed by atoms with Gasteiger partial charge in [0.25, 0.3) is 0 Å². The average molecular weight is 675 g/mol. The summed E-state index contributed by atoms with van der Waals surface area (Å²) < 4.78 is 21.9. The van der Waals surface area contributed by atoms with E-state index >= 15 is 0 Å². The van der Waals surface area contributed by atoms with Crippen LogP contribution in [0, 0.1) is 0 Å². The number of sulfonamides is 1. The summed E-state index contributed by atoms with van der Waals surface area (Å²) in [4.78, 5) is 10.9. The van der Waals surface area contributed by atoms with E-state index in [4.69, 9.17) is 16.0 Å². The summed E-state index contributed by atoms with van der Waals surface area (Å²) in [6, 6.07) is 32.0. The zero-order valence-electron chi connectivity index (χ0n) is 31.0. The number of benzene rings is 4. The molecule has 48 heavy (non-hydrogen) atoms. The summed E-state index contributed by atoms with van der Waals surface area (Å²) in [5.74, 6) is -0.0431. The Kier molecular flexibility index (Phi) is 14.9. The summed E-state index contributed by atoms with van der Waals surface area (Å²) >= 11 is 0. The van der Waals surface area contributed by atoms with Crippen molar-refractivity contribution >= 4 is 15.9 Å². The van der Waals surface area contributed by atoms with Crippen LogP contribution in [-0.2, 0) is 31.7 Å². The van der Waals surface area contributed by atoms with Gasteiger partial charge in [-0.1, -0.05) is 150 Å². The van der Waals surface area contributed by atoms with Gasteiger partial charge in [0.2, 0.25) is 15.9 Å². The molecule has 0 aliphatic heterocycles. The largest absolute Gasteiger partial charge is 0.508 e. The van der Waals surface area contributed by atoms with E-state index in [-0.39, 0.29) is 27.0 Å². The first-order chi connectivity index (χ1) is 21.7. The molecule has 0 saturated heterocycles. The number of phenolic OH excluding ortho intramolecular Hbond substituents is 1. The molecule has 0 radical (unpaired) electrons. The Morgan fingerprint density at radius 1 is 0.500 bits per heavy atom. The van der Waals surface area contributed by atoms with E-state index in [1.54, 1.807) is 36.4 Å². The van der Waals surface area contributed by atoms with Crippen LogP contribution < -0.4 is 10.9 Å². The Balaban J connectivity index is 0.000000322. The maximum Gasteiger partial charge on any atom is 0.248 e. The molecule has 0 aliphatic carbocycles. The third-order valence-corrected chi connectivity index (χ3v) is 8.39. The number of carbonyl (C=O) groups excluding carboxylic acids is 1. The molecule has 0 atom stereocenters. The maximum absolute atomic E-state index is 11.0. The number of primary amides is 1. The van der Waals surface area contributed by atoms with E-state index in [1.165, 1.54) is 28.8 Å². The molecular formula is C41H58N2O4S. The van der Waals surface area contributed by atoms with Gasteiger partial charge in [0, 0.05) is 5.56 Å². The molecule has 1 amide bonds. The summed E-state index contributed by atoms with van der Waals surface area (Å²) in [5, 5.41) is 14.0. The monoisotopic (exact) mass is 674 g/mol. The van der Waals surface area contributed by atoms with Crippen molar-refractivity contribution in [2.75, 3.05) is 0 Å². The first-order valence-electron chi connectivity index (χ1n) is 16.1. The highest BCUT2D eigenvalue weighted by Crippen LogP contribution is 2.25. The first-order valence-corrected chi connectivity index (χ1v) is 17.7. The van der Waals surface area contributed by atoms with Gasteiger partial charge in [-0.25, -0.2) is 13.6 Å². The molecule has 7 heteroatoms. The minimum atomic E-state index is -3.57. The second-order valence-electron chi connectivity index (χ2n) is 15.9. The Hall–Kier alpha value is -3.94. The Morgan fingerprint density at radius 2 is 0.792 bits per heavy atom. The lowest BCUT2D eigenvalue weighted by molar-refractivity contribution is 0.1000. The van der Waals surface area contributed by atoms with Crippen LogP contribution in [0.2, 0.25) is 0 Å². The number of rotatable bonds is 2. The zero-order chi connectivity index (χ0) is 37.1. The minimum Gasteiger partial charge on any atom is -0.508 e. The van der Waals surface area contributed by atoms with Gasteiger partial charge in [0.05, 0.1) is 4.90 Å². The van der Waals surface area contributed by atoms with Gasteiger partial charge in [0.15, 0.2) is 0 Å². The van der Waals surface area contributed by atoms with Crippen LogP contribution in [0.3, 0.4) is 0 Å². The van der Waals surface area contributed by atoms with Gasteiger partial charge in [-0.3, -0.25) is 4.79 Å². The molecule has 0 aromatic heterocycles. The number of amides is 1. The van der Waals surface area contributed by atoms with Crippen molar-refractivity contribution in [2.24, 2.45) is 10.9 Å². The number of phenols is 1. The van der Waals surface area contributed by atoms with E-state index in [2.05, 4.69) is 113 Å². The van der Waals surface area contributed by atoms with E-state index in [1.807, 2.05) is 24.3 Å². The number of carbonyl (C=O) groups is 1. The fourth-order valence-corrected chi connectivity index (χ4v) is 4.69. The molecule has 4 rings (SSSR count). The summed E-state index contributed by atoms with van der Waals surface area (Å²) in [6.45, 7) is 25.7. The lowest BCUT2D eigenvalue weighted by atomic mass is 9.87. The molecule has 0 aliphatic rings. The smallest absolute Gasteiger partial charge is 0.248 e. The standard InChI is InChI=1S/C11H15NO.C10H15NO2S.C10H14O.C10H14/c1-11(2,3)9-6-4-8(5-7-9)10(12)13;1-10(2,3)8-4-6-9(7-5-8)14(11,12)13;1-10(2,3)8-4-6-9(11)7-5-8;1-10(2,3)9-7-5-4-6-8-9/h4-7H,1-3H3,(H2,12,13);4-7H,1-3H3,(H2,11,12,13);4-7,11H,1-3H3;4-8H,1-3H3. The maximum atomic E-state index is 11.0. The van der Waals surface area contributed by atoms with Crippen LogP contribution in [0.5, 0.6) is 5.75 Å². The molecule has 0 fully saturated rings. The lowest BCUT2D eigenvalue weighted by Crippen LogP contribution is -2.14. The molecule has 5 N–H and O–H groups in total. The molecule has 4 aromatic rings. The van der Waals surface area contributed by atoms with Gasteiger partial charge in [-0.05, 0) is 80.3 Å². The van der Waals surface area contributed by atoms with E-state index < -0.39 is 10.0 Å². The summed E-state index contributed by atoms with van der Waals surface area (Å²) in [5.41, 5.74) is 11.2. The van der Waals surface area contributed by atoms with Crippen LogP contribution in [0.25, 0.3) is 0 Å². The van der Waals surface area contributed by atoms with E-state index in [0.29, 0.717) is 16.7 Å². The van der Waals surface area contributed by atoms with Gasteiger partial charge in [-0.2, -0.15) is 0 Å².